The van der Waals surface area contributed by atoms with Gasteiger partial charge in [-0.15, -0.1) is 0 Å². The summed E-state index contributed by atoms with van der Waals surface area (Å²) in [6.45, 7) is 0.398. The van der Waals surface area contributed by atoms with Crippen LogP contribution in [0.1, 0.15) is 18.4 Å². The zero-order valence-corrected chi connectivity index (χ0v) is 17.6. The molecular weight excluding hydrogens is 442 g/mol. The summed E-state index contributed by atoms with van der Waals surface area (Å²) in [5.74, 6) is -0.484. The molecule has 32 heavy (non-hydrogen) atoms. The first kappa shape index (κ1) is 22.0. The van der Waals surface area contributed by atoms with Crippen molar-refractivity contribution in [2.75, 3.05) is 6.61 Å². The second-order valence-corrected chi connectivity index (χ2v) is 9.21. The molecule has 3 N–H and O–H groups in total. The van der Waals surface area contributed by atoms with Gasteiger partial charge in [-0.1, -0.05) is 0 Å². The number of ether oxygens (including phenoxy) is 3. The van der Waals surface area contributed by atoms with Crippen LogP contribution in [0, 0.1) is 0 Å². The molecule has 2 unspecified atom stereocenters. The molecule has 4 rings (SSSR count). The molecular formula is C20H21N3O8S. The maximum Gasteiger partial charge on any atom is 0.509 e. The van der Waals surface area contributed by atoms with Crippen LogP contribution in [0.3, 0.4) is 0 Å². The van der Waals surface area contributed by atoms with E-state index in [1.165, 1.54) is 29.7 Å². The van der Waals surface area contributed by atoms with Crippen LogP contribution in [0.15, 0.2) is 53.7 Å². The van der Waals surface area contributed by atoms with Crippen molar-refractivity contribution >= 4 is 22.1 Å². The van der Waals surface area contributed by atoms with Crippen molar-refractivity contribution in [2.45, 2.75) is 41.9 Å². The van der Waals surface area contributed by atoms with E-state index in [4.69, 9.17) is 19.4 Å². The lowest BCUT2D eigenvalue weighted by Gasteiger charge is -2.27. The Bertz CT molecular complexity index is 1080. The molecule has 1 aromatic carbocycles. The summed E-state index contributed by atoms with van der Waals surface area (Å²) in [6.07, 6.45) is 1.24. The third kappa shape index (κ3) is 4.52. The van der Waals surface area contributed by atoms with Crippen LogP contribution in [0.5, 0.6) is 5.75 Å². The number of sulfonamides is 1. The molecule has 1 aliphatic heterocycles. The highest BCUT2D eigenvalue weighted by Gasteiger charge is 2.58. The molecule has 1 aromatic heterocycles. The zero-order chi connectivity index (χ0) is 22.8. The van der Waals surface area contributed by atoms with Gasteiger partial charge in [-0.05, 0) is 42.0 Å². The number of fused-ring (bicyclic) bond motifs is 1. The summed E-state index contributed by atoms with van der Waals surface area (Å²) < 4.78 is 43.8. The lowest BCUT2D eigenvalue weighted by atomic mass is 9.98. The van der Waals surface area contributed by atoms with E-state index in [0.717, 1.165) is 5.56 Å². The summed E-state index contributed by atoms with van der Waals surface area (Å²) in [5.41, 5.74) is 0.811. The third-order valence-electron chi connectivity index (χ3n) is 5.42. The van der Waals surface area contributed by atoms with Crippen molar-refractivity contribution < 1.29 is 37.4 Å². The maximum absolute atomic E-state index is 12.9. The van der Waals surface area contributed by atoms with Gasteiger partial charge in [0.25, 0.3) is 5.91 Å². The summed E-state index contributed by atoms with van der Waals surface area (Å²) in [5, 5.41) is 9.14. The van der Waals surface area contributed by atoms with Crippen LogP contribution >= 0.6 is 0 Å². The normalized spacial score (nSPS) is 24.3. The van der Waals surface area contributed by atoms with E-state index in [1.807, 2.05) is 12.1 Å². The van der Waals surface area contributed by atoms with Gasteiger partial charge in [-0.2, -0.15) is 4.72 Å². The van der Waals surface area contributed by atoms with Crippen LogP contribution in [0.25, 0.3) is 0 Å². The molecule has 1 aliphatic carbocycles. The summed E-state index contributed by atoms with van der Waals surface area (Å²) in [7, 11) is -4.16. The van der Waals surface area contributed by atoms with E-state index >= 15 is 0 Å². The number of pyridine rings is 1. The largest absolute Gasteiger partial charge is 0.509 e. The monoisotopic (exact) mass is 463 g/mol. The van der Waals surface area contributed by atoms with Crippen LogP contribution in [-0.2, 0) is 30.7 Å². The SMILES string of the molecule is O=C1OC2CC(NS(=O)(=O)c3ccc(OCCc4ccncc4)cc3)(C(=O)NO)CC2O1. The lowest BCUT2D eigenvalue weighted by Crippen LogP contribution is -2.57. The topological polar surface area (TPSA) is 153 Å². The van der Waals surface area contributed by atoms with Crippen LogP contribution < -0.4 is 14.9 Å². The number of hydroxylamine groups is 1. The first-order valence-electron chi connectivity index (χ1n) is 9.79. The molecule has 0 bridgehead atoms. The Balaban J connectivity index is 1.43. The highest BCUT2D eigenvalue weighted by atomic mass is 32.2. The Hall–Kier alpha value is -3.22. The van der Waals surface area contributed by atoms with Gasteiger partial charge in [0, 0.05) is 31.7 Å². The first-order chi connectivity index (χ1) is 15.3. The van der Waals surface area contributed by atoms with Gasteiger partial charge >= 0.3 is 6.16 Å². The van der Waals surface area contributed by atoms with E-state index in [-0.39, 0.29) is 17.7 Å². The number of benzene rings is 1. The van der Waals surface area contributed by atoms with Gasteiger partial charge in [0.1, 0.15) is 23.5 Å². The lowest BCUT2D eigenvalue weighted by molar-refractivity contribution is -0.136. The summed E-state index contributed by atoms with van der Waals surface area (Å²) in [4.78, 5) is 27.4. The number of rotatable bonds is 8. The fraction of sp³-hybridized carbons (Fsp3) is 0.350. The number of hydrogen-bond acceptors (Lipinski definition) is 9. The van der Waals surface area contributed by atoms with Gasteiger partial charge in [0.05, 0.1) is 11.5 Å². The average Bonchev–Trinajstić information content (AvgIpc) is 3.28. The van der Waals surface area contributed by atoms with Gasteiger partial charge in [0.2, 0.25) is 10.0 Å². The Kier molecular flexibility index (Phi) is 6.00. The number of carbonyl (C=O) groups excluding carboxylic acids is 2. The molecule has 2 aliphatic rings. The molecule has 2 heterocycles. The molecule has 1 saturated heterocycles. The highest BCUT2D eigenvalue weighted by Crippen LogP contribution is 2.39. The molecule has 0 spiro atoms. The summed E-state index contributed by atoms with van der Waals surface area (Å²) in [6, 6.07) is 9.47. The number of carbonyl (C=O) groups is 2. The smallest absolute Gasteiger partial charge is 0.493 e. The van der Waals surface area contributed by atoms with E-state index in [9.17, 15) is 18.0 Å². The quantitative estimate of drug-likeness (QED) is 0.295. The van der Waals surface area contributed by atoms with E-state index in [2.05, 4.69) is 9.71 Å². The minimum Gasteiger partial charge on any atom is -0.493 e. The number of nitrogens with one attached hydrogen (secondary N) is 2. The van der Waals surface area contributed by atoms with Crippen molar-refractivity contribution in [3.05, 3.63) is 54.4 Å². The van der Waals surface area contributed by atoms with Crippen molar-refractivity contribution in [2.24, 2.45) is 0 Å². The van der Waals surface area contributed by atoms with E-state index in [1.54, 1.807) is 12.4 Å². The summed E-state index contributed by atoms with van der Waals surface area (Å²) >= 11 is 0. The van der Waals surface area contributed by atoms with Crippen LogP contribution in [-0.4, -0.2) is 55.0 Å². The minimum atomic E-state index is -4.16. The molecule has 1 amide bonds. The molecule has 0 radical (unpaired) electrons. The van der Waals surface area contributed by atoms with Gasteiger partial charge in [-0.25, -0.2) is 18.7 Å². The van der Waals surface area contributed by atoms with Crippen molar-refractivity contribution in [1.29, 1.82) is 0 Å². The van der Waals surface area contributed by atoms with Crippen molar-refractivity contribution in [1.82, 2.24) is 15.2 Å². The fourth-order valence-corrected chi connectivity index (χ4v) is 5.22. The Labute approximate surface area is 183 Å². The molecule has 1 saturated carbocycles. The Morgan fingerprint density at radius 3 is 2.34 bits per heavy atom. The van der Waals surface area contributed by atoms with Gasteiger partial charge in [-0.3, -0.25) is 15.0 Å². The van der Waals surface area contributed by atoms with Crippen molar-refractivity contribution in [3.63, 3.8) is 0 Å². The van der Waals surface area contributed by atoms with E-state index < -0.39 is 39.8 Å². The standard InChI is InChI=1S/C20H21N3O8S/c24-18(22-26)20(11-16-17(12-20)31-19(25)30-16)23-32(27,28)15-3-1-14(2-4-15)29-10-7-13-5-8-21-9-6-13/h1-6,8-9,16-17,23,26H,7,10-12H2,(H,22,24). The number of nitrogens with zero attached hydrogens (tertiary/aromatic N) is 1. The van der Waals surface area contributed by atoms with Crippen molar-refractivity contribution in [3.8, 4) is 5.75 Å². The third-order valence-corrected chi connectivity index (χ3v) is 6.97. The molecule has 2 aromatic rings. The predicted molar refractivity (Wildman–Crippen MR) is 107 cm³/mol. The first-order valence-corrected chi connectivity index (χ1v) is 11.3. The molecule has 12 heteroatoms. The van der Waals surface area contributed by atoms with Crippen LogP contribution in [0.4, 0.5) is 4.79 Å². The van der Waals surface area contributed by atoms with Gasteiger partial charge < -0.3 is 14.2 Å². The Morgan fingerprint density at radius 1 is 1.12 bits per heavy atom. The predicted octanol–water partition coefficient (Wildman–Crippen LogP) is 0.923. The minimum absolute atomic E-state index is 0.0981. The second kappa shape index (κ2) is 8.73. The Morgan fingerprint density at radius 2 is 1.75 bits per heavy atom. The number of aromatic nitrogens is 1. The molecule has 11 nitrogen and oxygen atoms in total. The maximum atomic E-state index is 12.9. The van der Waals surface area contributed by atoms with E-state index in [0.29, 0.717) is 18.8 Å². The zero-order valence-electron chi connectivity index (χ0n) is 16.8. The number of hydrogen-bond donors (Lipinski definition) is 3. The number of amides is 1. The highest BCUT2D eigenvalue weighted by molar-refractivity contribution is 7.89. The molecule has 2 fully saturated rings. The van der Waals surface area contributed by atoms with Gasteiger partial charge in [0.15, 0.2) is 0 Å². The molecule has 2 atom stereocenters. The fourth-order valence-electron chi connectivity index (χ4n) is 3.83. The second-order valence-electron chi connectivity index (χ2n) is 7.52. The molecule has 170 valence electrons. The average molecular weight is 463 g/mol. The van der Waals surface area contributed by atoms with Crippen LogP contribution in [0.2, 0.25) is 0 Å².